The van der Waals surface area contributed by atoms with Gasteiger partial charge in [0.1, 0.15) is 5.82 Å². The third-order valence-electron chi connectivity index (χ3n) is 2.90. The molecule has 1 heterocycles. The van der Waals surface area contributed by atoms with Crippen molar-refractivity contribution in [2.75, 3.05) is 25.1 Å². The zero-order valence-corrected chi connectivity index (χ0v) is 10.3. The number of anilines is 1. The second-order valence-corrected chi connectivity index (χ2v) is 4.41. The van der Waals surface area contributed by atoms with Crippen molar-refractivity contribution in [3.63, 3.8) is 0 Å². The van der Waals surface area contributed by atoms with Gasteiger partial charge >= 0.3 is 0 Å². The van der Waals surface area contributed by atoms with Crippen molar-refractivity contribution in [2.45, 2.75) is 19.4 Å². The first-order valence-corrected chi connectivity index (χ1v) is 6.03. The van der Waals surface area contributed by atoms with Crippen LogP contribution in [-0.4, -0.2) is 31.7 Å². The third kappa shape index (κ3) is 3.27. The number of amides is 1. The summed E-state index contributed by atoms with van der Waals surface area (Å²) in [7, 11) is 0. The molecule has 1 aliphatic rings. The Bertz CT molecular complexity index is 431. The normalized spacial score (nSPS) is 19.6. The van der Waals surface area contributed by atoms with Gasteiger partial charge in [0.2, 0.25) is 5.91 Å². The first-order chi connectivity index (χ1) is 8.66. The Hall–Kier alpha value is -1.46. The highest BCUT2D eigenvalue weighted by molar-refractivity contribution is 5.91. The Morgan fingerprint density at radius 2 is 2.44 bits per heavy atom. The van der Waals surface area contributed by atoms with Crippen molar-refractivity contribution < 1.29 is 13.9 Å². The molecule has 98 valence electrons. The van der Waals surface area contributed by atoms with Gasteiger partial charge in [0.25, 0.3) is 0 Å². The fourth-order valence-electron chi connectivity index (χ4n) is 1.92. The fourth-order valence-corrected chi connectivity index (χ4v) is 1.92. The molecule has 18 heavy (non-hydrogen) atoms. The van der Waals surface area contributed by atoms with Crippen LogP contribution in [0.25, 0.3) is 0 Å². The lowest BCUT2D eigenvalue weighted by Crippen LogP contribution is -2.43. The van der Waals surface area contributed by atoms with E-state index in [0.29, 0.717) is 18.8 Å². The summed E-state index contributed by atoms with van der Waals surface area (Å²) in [6.07, 6.45) is 0.285. The number of nitrogens with one attached hydrogen (secondary N) is 2. The number of benzene rings is 1. The van der Waals surface area contributed by atoms with Gasteiger partial charge < -0.3 is 15.4 Å². The molecule has 1 aromatic carbocycles. The van der Waals surface area contributed by atoms with Gasteiger partial charge in [-0.1, -0.05) is 12.1 Å². The number of aryl methyl sites for hydroxylation is 1. The molecule has 2 N–H and O–H groups in total. The van der Waals surface area contributed by atoms with Gasteiger partial charge in [-0.05, 0) is 18.6 Å². The Balaban J connectivity index is 1.92. The van der Waals surface area contributed by atoms with E-state index in [0.717, 1.165) is 6.54 Å². The molecule has 0 saturated carbocycles. The first kappa shape index (κ1) is 13.0. The summed E-state index contributed by atoms with van der Waals surface area (Å²) in [6.45, 7) is 3.60. The molecule has 1 atom stereocenters. The van der Waals surface area contributed by atoms with Crippen LogP contribution >= 0.6 is 0 Å². The molecule has 1 unspecified atom stereocenters. The molecule has 0 bridgehead atoms. The van der Waals surface area contributed by atoms with E-state index in [-0.39, 0.29) is 29.9 Å². The highest BCUT2D eigenvalue weighted by Gasteiger charge is 2.17. The molecule has 5 heteroatoms. The van der Waals surface area contributed by atoms with E-state index in [1.165, 1.54) is 0 Å². The second-order valence-electron chi connectivity index (χ2n) is 4.41. The Kier molecular flexibility index (Phi) is 4.28. The number of ether oxygens (including phenoxy) is 1. The smallest absolute Gasteiger partial charge is 0.226 e. The maximum atomic E-state index is 13.7. The molecule has 1 aliphatic heterocycles. The van der Waals surface area contributed by atoms with E-state index >= 15 is 0 Å². The van der Waals surface area contributed by atoms with Crippen LogP contribution in [0, 0.1) is 12.7 Å². The maximum absolute atomic E-state index is 13.7. The van der Waals surface area contributed by atoms with Gasteiger partial charge in [-0.3, -0.25) is 4.79 Å². The monoisotopic (exact) mass is 252 g/mol. The van der Waals surface area contributed by atoms with E-state index in [9.17, 15) is 9.18 Å². The van der Waals surface area contributed by atoms with Crippen LogP contribution in [0.4, 0.5) is 10.1 Å². The standard InChI is InChI=1S/C13H17FN2O2/c1-9-3-2-4-11(13(9)14)16-12(17)7-10-8-18-6-5-15-10/h2-4,10,15H,5-8H2,1H3,(H,16,17). The maximum Gasteiger partial charge on any atom is 0.226 e. The number of carbonyl (C=O) groups is 1. The van der Waals surface area contributed by atoms with Gasteiger partial charge in [-0.2, -0.15) is 0 Å². The minimum absolute atomic E-state index is 0.00613. The molecule has 1 aromatic rings. The summed E-state index contributed by atoms with van der Waals surface area (Å²) in [5.41, 5.74) is 0.753. The number of hydrogen-bond acceptors (Lipinski definition) is 3. The third-order valence-corrected chi connectivity index (χ3v) is 2.90. The topological polar surface area (TPSA) is 50.4 Å². The van der Waals surface area contributed by atoms with Gasteiger partial charge in [0, 0.05) is 19.0 Å². The summed E-state index contributed by atoms with van der Waals surface area (Å²) in [5.74, 6) is -0.582. The van der Waals surface area contributed by atoms with E-state index in [2.05, 4.69) is 10.6 Å². The Morgan fingerprint density at radius 3 is 3.17 bits per heavy atom. The van der Waals surface area contributed by atoms with E-state index in [1.54, 1.807) is 25.1 Å². The van der Waals surface area contributed by atoms with Crippen LogP contribution in [0.1, 0.15) is 12.0 Å². The lowest BCUT2D eigenvalue weighted by Gasteiger charge is -2.23. The molecule has 0 radical (unpaired) electrons. The van der Waals surface area contributed by atoms with Crippen molar-refractivity contribution >= 4 is 11.6 Å². The van der Waals surface area contributed by atoms with Crippen LogP contribution < -0.4 is 10.6 Å². The minimum Gasteiger partial charge on any atom is -0.378 e. The number of rotatable bonds is 3. The van der Waals surface area contributed by atoms with Gasteiger partial charge in [-0.25, -0.2) is 4.39 Å². The predicted molar refractivity (Wildman–Crippen MR) is 67.0 cm³/mol. The molecule has 1 fully saturated rings. The first-order valence-electron chi connectivity index (χ1n) is 6.03. The Labute approximate surface area is 106 Å². The van der Waals surface area contributed by atoms with E-state index in [1.807, 2.05) is 0 Å². The summed E-state index contributed by atoms with van der Waals surface area (Å²) < 4.78 is 18.9. The van der Waals surface area contributed by atoms with Crippen molar-refractivity contribution in [2.24, 2.45) is 0 Å². The zero-order valence-electron chi connectivity index (χ0n) is 10.3. The number of morpholine rings is 1. The van der Waals surface area contributed by atoms with Gasteiger partial charge in [0.05, 0.1) is 18.9 Å². The molecular weight excluding hydrogens is 235 g/mol. The summed E-state index contributed by atoms with van der Waals surface area (Å²) in [6, 6.07) is 4.95. The van der Waals surface area contributed by atoms with Crippen molar-refractivity contribution in [1.82, 2.24) is 5.32 Å². The van der Waals surface area contributed by atoms with Crippen LogP contribution in [0.2, 0.25) is 0 Å². The molecule has 4 nitrogen and oxygen atoms in total. The number of halogens is 1. The van der Waals surface area contributed by atoms with Crippen molar-refractivity contribution in [3.05, 3.63) is 29.6 Å². The molecule has 1 amide bonds. The lowest BCUT2D eigenvalue weighted by molar-refractivity contribution is -0.117. The molecule has 0 aromatic heterocycles. The van der Waals surface area contributed by atoms with Crippen LogP contribution in [0.15, 0.2) is 18.2 Å². The van der Waals surface area contributed by atoms with Crippen LogP contribution in [0.3, 0.4) is 0 Å². The largest absolute Gasteiger partial charge is 0.378 e. The van der Waals surface area contributed by atoms with Crippen LogP contribution in [0.5, 0.6) is 0 Å². The molecule has 2 rings (SSSR count). The highest BCUT2D eigenvalue weighted by Crippen LogP contribution is 2.17. The average Bonchev–Trinajstić information content (AvgIpc) is 2.36. The lowest BCUT2D eigenvalue weighted by atomic mass is 10.1. The second kappa shape index (κ2) is 5.93. The summed E-state index contributed by atoms with van der Waals surface area (Å²) >= 11 is 0. The SMILES string of the molecule is Cc1cccc(NC(=O)CC2COCCN2)c1F. The highest BCUT2D eigenvalue weighted by atomic mass is 19.1. The molecule has 0 aliphatic carbocycles. The fraction of sp³-hybridized carbons (Fsp3) is 0.462. The van der Waals surface area contributed by atoms with Gasteiger partial charge in [-0.15, -0.1) is 0 Å². The molecular formula is C13H17FN2O2. The summed E-state index contributed by atoms with van der Waals surface area (Å²) in [5, 5.41) is 5.77. The summed E-state index contributed by atoms with van der Waals surface area (Å²) in [4.78, 5) is 11.8. The average molecular weight is 252 g/mol. The number of carbonyl (C=O) groups excluding carboxylic acids is 1. The van der Waals surface area contributed by atoms with Crippen molar-refractivity contribution in [1.29, 1.82) is 0 Å². The number of hydrogen-bond donors (Lipinski definition) is 2. The Morgan fingerprint density at radius 1 is 1.61 bits per heavy atom. The zero-order chi connectivity index (χ0) is 13.0. The van der Waals surface area contributed by atoms with Gasteiger partial charge in [0.15, 0.2) is 0 Å². The minimum atomic E-state index is -0.376. The van der Waals surface area contributed by atoms with Crippen LogP contribution in [-0.2, 0) is 9.53 Å². The molecule has 0 spiro atoms. The van der Waals surface area contributed by atoms with E-state index in [4.69, 9.17) is 4.74 Å². The molecule has 1 saturated heterocycles. The predicted octanol–water partition coefficient (Wildman–Crippen LogP) is 1.45. The quantitative estimate of drug-likeness (QED) is 0.856. The van der Waals surface area contributed by atoms with Crippen molar-refractivity contribution in [3.8, 4) is 0 Å². The van der Waals surface area contributed by atoms with E-state index < -0.39 is 0 Å².